The Bertz CT molecular complexity index is 600. The predicted molar refractivity (Wildman–Crippen MR) is 75.1 cm³/mol. The Morgan fingerprint density at radius 2 is 2.11 bits per heavy atom. The van der Waals surface area contributed by atoms with E-state index in [0.717, 1.165) is 17.8 Å². The Morgan fingerprint density at radius 3 is 2.63 bits per heavy atom. The van der Waals surface area contributed by atoms with Gasteiger partial charge in [0.25, 0.3) is 0 Å². The van der Waals surface area contributed by atoms with E-state index in [9.17, 15) is 9.90 Å². The Kier molecular flexibility index (Phi) is 3.89. The summed E-state index contributed by atoms with van der Waals surface area (Å²) in [6.07, 6.45) is 1.72. The van der Waals surface area contributed by atoms with Crippen molar-refractivity contribution in [2.24, 2.45) is 5.92 Å². The summed E-state index contributed by atoms with van der Waals surface area (Å²) in [6.45, 7) is 8.26. The van der Waals surface area contributed by atoms with Crippen LogP contribution in [0.2, 0.25) is 0 Å². The van der Waals surface area contributed by atoms with Crippen LogP contribution in [0.25, 0.3) is 4.96 Å². The fourth-order valence-corrected chi connectivity index (χ4v) is 3.08. The maximum absolute atomic E-state index is 11.5. The van der Waals surface area contributed by atoms with Crippen LogP contribution in [0.15, 0.2) is 0 Å². The molecule has 0 bridgehead atoms. The molecule has 104 valence electrons. The molecule has 0 saturated carbocycles. The van der Waals surface area contributed by atoms with E-state index in [-0.39, 0.29) is 11.6 Å². The van der Waals surface area contributed by atoms with Gasteiger partial charge in [0.05, 0.1) is 5.69 Å². The number of aromatic carboxylic acids is 1. The van der Waals surface area contributed by atoms with Crippen LogP contribution in [0, 0.1) is 5.92 Å². The molecule has 0 aliphatic carbocycles. The number of hydrogen-bond donors (Lipinski definition) is 1. The number of carbonyl (C=O) groups is 1. The highest BCUT2D eigenvalue weighted by molar-refractivity contribution is 7.16. The third-order valence-electron chi connectivity index (χ3n) is 3.14. The van der Waals surface area contributed by atoms with Crippen molar-refractivity contribution in [3.8, 4) is 0 Å². The maximum Gasteiger partial charge on any atom is 0.356 e. The summed E-state index contributed by atoms with van der Waals surface area (Å²) in [4.78, 5) is 16.6. The first-order valence-electron chi connectivity index (χ1n) is 6.55. The molecule has 1 atom stereocenters. The third-order valence-corrected chi connectivity index (χ3v) is 4.07. The average molecular weight is 281 g/mol. The van der Waals surface area contributed by atoms with Gasteiger partial charge in [-0.2, -0.15) is 9.61 Å². The van der Waals surface area contributed by atoms with Crippen LogP contribution in [0.1, 0.15) is 61.2 Å². The Morgan fingerprint density at radius 1 is 1.42 bits per heavy atom. The minimum Gasteiger partial charge on any atom is -0.476 e. The van der Waals surface area contributed by atoms with Crippen molar-refractivity contribution in [3.05, 3.63) is 16.4 Å². The van der Waals surface area contributed by atoms with Crippen LogP contribution >= 0.6 is 11.3 Å². The SMILES string of the molecule is CCC(C)c1nc2sc(CC(C)C)nn2c1C(=O)O. The molecule has 0 aliphatic rings. The lowest BCUT2D eigenvalue weighted by atomic mass is 10.0. The van der Waals surface area contributed by atoms with Gasteiger partial charge < -0.3 is 5.11 Å². The molecule has 2 heterocycles. The summed E-state index contributed by atoms with van der Waals surface area (Å²) in [5.74, 6) is -0.323. The second kappa shape index (κ2) is 5.28. The van der Waals surface area contributed by atoms with E-state index >= 15 is 0 Å². The first kappa shape index (κ1) is 14.0. The molecule has 2 rings (SSSR count). The van der Waals surface area contributed by atoms with Crippen molar-refractivity contribution in [3.63, 3.8) is 0 Å². The van der Waals surface area contributed by atoms with E-state index in [1.807, 2.05) is 13.8 Å². The van der Waals surface area contributed by atoms with Gasteiger partial charge in [-0.25, -0.2) is 9.78 Å². The van der Waals surface area contributed by atoms with Crippen molar-refractivity contribution in [2.45, 2.75) is 46.5 Å². The second-order valence-corrected chi connectivity index (χ2v) is 6.29. The number of hydrogen-bond acceptors (Lipinski definition) is 4. The first-order chi connectivity index (χ1) is 8.93. The molecule has 6 heteroatoms. The first-order valence-corrected chi connectivity index (χ1v) is 7.37. The van der Waals surface area contributed by atoms with Crippen molar-refractivity contribution in [1.82, 2.24) is 14.6 Å². The second-order valence-electron chi connectivity index (χ2n) is 5.25. The smallest absolute Gasteiger partial charge is 0.356 e. The maximum atomic E-state index is 11.5. The van der Waals surface area contributed by atoms with E-state index in [1.54, 1.807) is 0 Å². The molecule has 0 aromatic carbocycles. The normalized spacial score (nSPS) is 13.3. The van der Waals surface area contributed by atoms with Gasteiger partial charge >= 0.3 is 5.97 Å². The van der Waals surface area contributed by atoms with Crippen molar-refractivity contribution >= 4 is 22.3 Å². The summed E-state index contributed by atoms with van der Waals surface area (Å²) < 4.78 is 1.49. The van der Waals surface area contributed by atoms with Gasteiger partial charge in [0.1, 0.15) is 5.01 Å². The molecular weight excluding hydrogens is 262 g/mol. The number of nitrogens with zero attached hydrogens (tertiary/aromatic N) is 3. The summed E-state index contributed by atoms with van der Waals surface area (Å²) in [5.41, 5.74) is 0.862. The molecule has 2 aromatic rings. The van der Waals surface area contributed by atoms with E-state index in [1.165, 1.54) is 15.9 Å². The number of aromatic nitrogens is 3. The van der Waals surface area contributed by atoms with Crippen LogP contribution in [-0.2, 0) is 6.42 Å². The van der Waals surface area contributed by atoms with Crippen LogP contribution in [0.3, 0.4) is 0 Å². The zero-order valence-electron chi connectivity index (χ0n) is 11.7. The topological polar surface area (TPSA) is 67.5 Å². The molecule has 0 spiro atoms. The van der Waals surface area contributed by atoms with Crippen LogP contribution in [0.4, 0.5) is 0 Å². The lowest BCUT2D eigenvalue weighted by Crippen LogP contribution is -2.08. The van der Waals surface area contributed by atoms with Crippen molar-refractivity contribution < 1.29 is 9.90 Å². The predicted octanol–water partition coefficient (Wildman–Crippen LogP) is 3.20. The van der Waals surface area contributed by atoms with Gasteiger partial charge in [-0.1, -0.05) is 39.0 Å². The van der Waals surface area contributed by atoms with E-state index < -0.39 is 5.97 Å². The minimum absolute atomic E-state index is 0.133. The zero-order chi connectivity index (χ0) is 14.2. The Hall–Kier alpha value is -1.43. The molecule has 0 radical (unpaired) electrons. The Labute approximate surface area is 116 Å². The molecule has 0 amide bonds. The molecule has 0 fully saturated rings. The molecule has 0 aliphatic heterocycles. The standard InChI is InChI=1S/C13H19N3O2S/c1-5-8(4)10-11(12(17)18)16-13(14-10)19-9(15-16)6-7(2)3/h7-8H,5-6H2,1-4H3,(H,17,18). The largest absolute Gasteiger partial charge is 0.476 e. The van der Waals surface area contributed by atoms with Gasteiger partial charge in [-0.15, -0.1) is 0 Å². The molecular formula is C13H19N3O2S. The lowest BCUT2D eigenvalue weighted by Gasteiger charge is -2.05. The summed E-state index contributed by atoms with van der Waals surface area (Å²) in [7, 11) is 0. The quantitative estimate of drug-likeness (QED) is 0.913. The Balaban J connectivity index is 2.53. The van der Waals surface area contributed by atoms with E-state index in [4.69, 9.17) is 0 Å². The number of carboxylic acid groups (broad SMARTS) is 1. The van der Waals surface area contributed by atoms with Gasteiger partial charge in [0.2, 0.25) is 4.96 Å². The van der Waals surface area contributed by atoms with E-state index in [0.29, 0.717) is 16.6 Å². The fourth-order valence-electron chi connectivity index (χ4n) is 1.97. The van der Waals surface area contributed by atoms with E-state index in [2.05, 4.69) is 23.9 Å². The van der Waals surface area contributed by atoms with Crippen LogP contribution < -0.4 is 0 Å². The zero-order valence-corrected chi connectivity index (χ0v) is 12.5. The number of fused-ring (bicyclic) bond motifs is 1. The molecule has 1 unspecified atom stereocenters. The van der Waals surface area contributed by atoms with Crippen molar-refractivity contribution in [1.29, 1.82) is 0 Å². The number of imidazole rings is 1. The van der Waals surface area contributed by atoms with Gasteiger partial charge in [0.15, 0.2) is 5.69 Å². The highest BCUT2D eigenvalue weighted by atomic mass is 32.1. The molecule has 1 N–H and O–H groups in total. The average Bonchev–Trinajstić information content (AvgIpc) is 2.82. The summed E-state index contributed by atoms with van der Waals surface area (Å²) >= 11 is 1.48. The monoisotopic (exact) mass is 281 g/mol. The van der Waals surface area contributed by atoms with Gasteiger partial charge in [0, 0.05) is 12.3 Å². The fraction of sp³-hybridized carbons (Fsp3) is 0.615. The highest BCUT2D eigenvalue weighted by Crippen LogP contribution is 2.26. The van der Waals surface area contributed by atoms with Crippen LogP contribution in [-0.4, -0.2) is 25.7 Å². The summed E-state index contributed by atoms with van der Waals surface area (Å²) in [6, 6.07) is 0. The lowest BCUT2D eigenvalue weighted by molar-refractivity contribution is 0.0686. The third kappa shape index (κ3) is 2.63. The molecule has 0 saturated heterocycles. The number of rotatable bonds is 5. The van der Waals surface area contributed by atoms with Crippen LogP contribution in [0.5, 0.6) is 0 Å². The van der Waals surface area contributed by atoms with Gasteiger partial charge in [-0.05, 0) is 12.3 Å². The number of carboxylic acids is 1. The molecule has 19 heavy (non-hydrogen) atoms. The van der Waals surface area contributed by atoms with Gasteiger partial charge in [-0.3, -0.25) is 0 Å². The molecule has 2 aromatic heterocycles. The summed E-state index contributed by atoms with van der Waals surface area (Å²) in [5, 5.41) is 14.7. The molecule has 5 nitrogen and oxygen atoms in total. The minimum atomic E-state index is -0.954. The van der Waals surface area contributed by atoms with Crippen molar-refractivity contribution in [2.75, 3.05) is 0 Å². The highest BCUT2D eigenvalue weighted by Gasteiger charge is 2.24.